The smallest absolute Gasteiger partial charge is 0.234 e. The van der Waals surface area contributed by atoms with E-state index < -0.39 is 0 Å². The van der Waals surface area contributed by atoms with E-state index in [2.05, 4.69) is 31.4 Å². The van der Waals surface area contributed by atoms with Crippen molar-refractivity contribution >= 4 is 50.9 Å². The van der Waals surface area contributed by atoms with Crippen molar-refractivity contribution in [1.29, 1.82) is 0 Å². The number of hydrogen-bond donors (Lipinski definition) is 1. The molecule has 0 spiro atoms. The maximum absolute atomic E-state index is 12.3. The minimum Gasteiger partial charge on any atom is -0.325 e. The predicted octanol–water partition coefficient (Wildman–Crippen LogP) is 5.42. The van der Waals surface area contributed by atoms with Crippen LogP contribution in [0, 0.1) is 6.92 Å². The largest absolute Gasteiger partial charge is 0.325 e. The van der Waals surface area contributed by atoms with Gasteiger partial charge in [-0.25, -0.2) is 0 Å². The van der Waals surface area contributed by atoms with Gasteiger partial charge in [0.2, 0.25) is 5.91 Å². The molecule has 1 amide bonds. The lowest BCUT2D eigenvalue weighted by Crippen LogP contribution is -2.15. The minimum atomic E-state index is -0.110. The number of nitrogens with one attached hydrogen (secondary N) is 1. The molecule has 140 valence electrons. The van der Waals surface area contributed by atoms with Crippen molar-refractivity contribution < 1.29 is 4.79 Å². The number of rotatable bonds is 6. The van der Waals surface area contributed by atoms with Gasteiger partial charge in [0.25, 0.3) is 0 Å². The Morgan fingerprint density at radius 1 is 1.22 bits per heavy atom. The molecule has 0 saturated heterocycles. The van der Waals surface area contributed by atoms with Gasteiger partial charge in [0.15, 0.2) is 11.0 Å². The topological polar surface area (TPSA) is 59.8 Å². The summed E-state index contributed by atoms with van der Waals surface area (Å²) in [5.74, 6) is 0.921. The van der Waals surface area contributed by atoms with Crippen molar-refractivity contribution in [3.05, 3.63) is 57.5 Å². The summed E-state index contributed by atoms with van der Waals surface area (Å²) in [4.78, 5) is 12.3. The molecule has 0 atom stereocenters. The van der Waals surface area contributed by atoms with Crippen molar-refractivity contribution in [2.45, 2.75) is 25.5 Å². The quantitative estimate of drug-likeness (QED) is 0.494. The highest BCUT2D eigenvalue weighted by Gasteiger charge is 2.15. The van der Waals surface area contributed by atoms with E-state index in [1.807, 2.05) is 48.7 Å². The average molecular weight is 466 g/mol. The number of thioether (sulfide) groups is 1. The molecule has 1 N–H and O–H groups in total. The maximum atomic E-state index is 12.3. The fourth-order valence-electron chi connectivity index (χ4n) is 2.54. The summed E-state index contributed by atoms with van der Waals surface area (Å²) in [6.07, 6.45) is 0. The van der Waals surface area contributed by atoms with Crippen molar-refractivity contribution in [3.8, 4) is 11.4 Å². The molecule has 0 saturated carbocycles. The standard InChI is InChI=1S/C19H18BrClN4OS/c1-3-25-18(13-5-7-14(20)8-6-13)23-24-19(25)27-11-17(26)22-16-10-15(21)9-4-12(16)2/h4-10H,3,11H2,1-2H3,(H,22,26). The number of amides is 1. The molecule has 0 radical (unpaired) electrons. The van der Waals surface area contributed by atoms with Gasteiger partial charge >= 0.3 is 0 Å². The van der Waals surface area contributed by atoms with E-state index in [9.17, 15) is 4.79 Å². The first-order valence-corrected chi connectivity index (χ1v) is 10.5. The van der Waals surface area contributed by atoms with Gasteiger partial charge in [-0.2, -0.15) is 0 Å². The Bertz CT molecular complexity index is 959. The molecule has 3 rings (SSSR count). The Hall–Kier alpha value is -1.83. The van der Waals surface area contributed by atoms with Gasteiger partial charge in [-0.3, -0.25) is 4.79 Å². The normalized spacial score (nSPS) is 10.8. The molecule has 0 fully saturated rings. The number of nitrogens with zero attached hydrogens (tertiary/aromatic N) is 3. The number of halogens is 2. The van der Waals surface area contributed by atoms with Crippen LogP contribution in [0.1, 0.15) is 12.5 Å². The van der Waals surface area contributed by atoms with Gasteiger partial charge in [-0.05, 0) is 43.7 Å². The molecule has 0 aliphatic heterocycles. The van der Waals surface area contributed by atoms with Gasteiger partial charge in [0.05, 0.1) is 5.75 Å². The lowest BCUT2D eigenvalue weighted by atomic mass is 10.2. The molecule has 0 bridgehead atoms. The van der Waals surface area contributed by atoms with Crippen molar-refractivity contribution in [2.24, 2.45) is 0 Å². The van der Waals surface area contributed by atoms with E-state index in [1.165, 1.54) is 11.8 Å². The van der Waals surface area contributed by atoms with Gasteiger partial charge in [-0.1, -0.05) is 57.5 Å². The first kappa shape index (κ1) is 19.9. The third-order valence-electron chi connectivity index (χ3n) is 3.94. The summed E-state index contributed by atoms with van der Waals surface area (Å²) >= 11 is 10.8. The Balaban J connectivity index is 1.70. The summed E-state index contributed by atoms with van der Waals surface area (Å²) in [5.41, 5.74) is 2.67. The molecule has 1 heterocycles. The summed E-state index contributed by atoms with van der Waals surface area (Å²) < 4.78 is 3.02. The lowest BCUT2D eigenvalue weighted by Gasteiger charge is -2.09. The molecular formula is C19H18BrClN4OS. The van der Waals surface area contributed by atoms with Crippen LogP contribution in [-0.4, -0.2) is 26.4 Å². The van der Waals surface area contributed by atoms with Crippen LogP contribution in [0.2, 0.25) is 5.02 Å². The summed E-state index contributed by atoms with van der Waals surface area (Å²) in [5, 5.41) is 12.8. The Morgan fingerprint density at radius 2 is 1.96 bits per heavy atom. The number of aromatic nitrogens is 3. The number of carbonyl (C=O) groups is 1. The molecule has 8 heteroatoms. The van der Waals surface area contributed by atoms with Crippen LogP contribution in [0.25, 0.3) is 11.4 Å². The SMILES string of the molecule is CCn1c(SCC(=O)Nc2cc(Cl)ccc2C)nnc1-c1ccc(Br)cc1. The second kappa shape index (κ2) is 8.91. The second-order valence-electron chi connectivity index (χ2n) is 5.85. The van der Waals surface area contributed by atoms with E-state index in [-0.39, 0.29) is 11.7 Å². The second-order valence-corrected chi connectivity index (χ2v) is 8.15. The summed E-state index contributed by atoms with van der Waals surface area (Å²) in [6.45, 7) is 4.68. The number of benzene rings is 2. The monoisotopic (exact) mass is 464 g/mol. The zero-order valence-electron chi connectivity index (χ0n) is 14.9. The van der Waals surface area contributed by atoms with Gasteiger partial charge in [0, 0.05) is 27.3 Å². The molecule has 0 aliphatic rings. The highest BCUT2D eigenvalue weighted by atomic mass is 79.9. The maximum Gasteiger partial charge on any atom is 0.234 e. The minimum absolute atomic E-state index is 0.110. The molecule has 27 heavy (non-hydrogen) atoms. The Labute approximate surface area is 175 Å². The third kappa shape index (κ3) is 4.91. The van der Waals surface area contributed by atoms with E-state index in [0.717, 1.165) is 33.7 Å². The zero-order chi connectivity index (χ0) is 19.4. The van der Waals surface area contributed by atoms with Crippen LogP contribution in [0.3, 0.4) is 0 Å². The van der Waals surface area contributed by atoms with Gasteiger partial charge in [0.1, 0.15) is 0 Å². The first-order chi connectivity index (χ1) is 13.0. The highest BCUT2D eigenvalue weighted by Crippen LogP contribution is 2.26. The van der Waals surface area contributed by atoms with Gasteiger partial charge in [-0.15, -0.1) is 10.2 Å². The number of anilines is 1. The third-order valence-corrected chi connectivity index (χ3v) is 5.67. The van der Waals surface area contributed by atoms with Crippen molar-refractivity contribution in [3.63, 3.8) is 0 Å². The fourth-order valence-corrected chi connectivity index (χ4v) is 3.78. The van der Waals surface area contributed by atoms with Crippen LogP contribution >= 0.6 is 39.3 Å². The molecule has 2 aromatic carbocycles. The Morgan fingerprint density at radius 3 is 2.67 bits per heavy atom. The molecule has 0 unspecified atom stereocenters. The zero-order valence-corrected chi connectivity index (χ0v) is 18.0. The fraction of sp³-hybridized carbons (Fsp3) is 0.211. The average Bonchev–Trinajstić information content (AvgIpc) is 3.06. The highest BCUT2D eigenvalue weighted by molar-refractivity contribution is 9.10. The van der Waals surface area contributed by atoms with Crippen LogP contribution in [-0.2, 0) is 11.3 Å². The number of hydrogen-bond acceptors (Lipinski definition) is 4. The first-order valence-electron chi connectivity index (χ1n) is 8.36. The molecule has 3 aromatic rings. The summed E-state index contributed by atoms with van der Waals surface area (Å²) in [7, 11) is 0. The number of carbonyl (C=O) groups excluding carboxylic acids is 1. The van der Waals surface area contributed by atoms with Crippen LogP contribution in [0.15, 0.2) is 52.1 Å². The van der Waals surface area contributed by atoms with Crippen LogP contribution in [0.4, 0.5) is 5.69 Å². The van der Waals surface area contributed by atoms with E-state index in [0.29, 0.717) is 10.2 Å². The van der Waals surface area contributed by atoms with Gasteiger partial charge < -0.3 is 9.88 Å². The van der Waals surface area contributed by atoms with E-state index in [4.69, 9.17) is 11.6 Å². The number of aryl methyl sites for hydroxylation is 1. The predicted molar refractivity (Wildman–Crippen MR) is 114 cm³/mol. The summed E-state index contributed by atoms with van der Waals surface area (Å²) in [6, 6.07) is 13.3. The van der Waals surface area contributed by atoms with E-state index >= 15 is 0 Å². The van der Waals surface area contributed by atoms with Crippen LogP contribution in [0.5, 0.6) is 0 Å². The molecular weight excluding hydrogens is 448 g/mol. The van der Waals surface area contributed by atoms with Crippen molar-refractivity contribution in [1.82, 2.24) is 14.8 Å². The Kier molecular flexibility index (Phi) is 6.57. The van der Waals surface area contributed by atoms with Crippen molar-refractivity contribution in [2.75, 3.05) is 11.1 Å². The molecule has 1 aromatic heterocycles. The van der Waals surface area contributed by atoms with E-state index in [1.54, 1.807) is 12.1 Å². The lowest BCUT2D eigenvalue weighted by molar-refractivity contribution is -0.113. The molecule has 5 nitrogen and oxygen atoms in total. The van der Waals surface area contributed by atoms with Crippen LogP contribution < -0.4 is 5.32 Å². The molecule has 0 aliphatic carbocycles.